The number of carbonyl (C=O) groups is 2. The largest absolute Gasteiger partial charge is 0.465 e. The summed E-state index contributed by atoms with van der Waals surface area (Å²) in [6, 6.07) is 6.35. The normalized spacial score (nSPS) is 17.3. The van der Waals surface area contributed by atoms with E-state index in [1.165, 1.54) is 17.5 Å². The van der Waals surface area contributed by atoms with Crippen molar-refractivity contribution in [3.8, 4) is 0 Å². The Morgan fingerprint density at radius 2 is 2.15 bits per heavy atom. The molecule has 8 nitrogen and oxygen atoms in total. The third kappa shape index (κ3) is 6.08. The molecule has 1 aromatic carbocycles. The van der Waals surface area contributed by atoms with Crippen LogP contribution in [-0.4, -0.2) is 63.8 Å². The molecule has 1 aliphatic heterocycles. The lowest BCUT2D eigenvalue weighted by Crippen LogP contribution is -2.38. The maximum absolute atomic E-state index is 12.2. The Morgan fingerprint density at radius 1 is 1.38 bits per heavy atom. The van der Waals surface area contributed by atoms with Gasteiger partial charge in [-0.25, -0.2) is 13.2 Å². The molecular weight excluding hydrogens is 360 g/mol. The second-order valence-electron chi connectivity index (χ2n) is 6.13. The second-order valence-corrected chi connectivity index (χ2v) is 8.11. The first kappa shape index (κ1) is 20.3. The average Bonchev–Trinajstić information content (AvgIpc) is 3.10. The topological polar surface area (TPSA) is 102 Å². The van der Waals surface area contributed by atoms with Crippen LogP contribution in [0.4, 0.5) is 5.69 Å². The molecule has 26 heavy (non-hydrogen) atoms. The van der Waals surface area contributed by atoms with Gasteiger partial charge in [0.05, 0.1) is 25.0 Å². The highest BCUT2D eigenvalue weighted by Gasteiger charge is 2.25. The molecule has 1 aliphatic rings. The number of sulfonamides is 1. The summed E-state index contributed by atoms with van der Waals surface area (Å²) in [6.45, 7) is 0.963. The zero-order valence-electron chi connectivity index (χ0n) is 14.9. The van der Waals surface area contributed by atoms with Crippen molar-refractivity contribution in [3.63, 3.8) is 0 Å². The van der Waals surface area contributed by atoms with Gasteiger partial charge in [0.2, 0.25) is 15.9 Å². The summed E-state index contributed by atoms with van der Waals surface area (Å²) in [4.78, 5) is 23.7. The smallest absolute Gasteiger partial charge is 0.337 e. The van der Waals surface area contributed by atoms with Crippen LogP contribution in [0.15, 0.2) is 24.3 Å². The number of ether oxygens (including phenoxy) is 2. The van der Waals surface area contributed by atoms with Crippen LogP contribution in [-0.2, 0) is 24.3 Å². The molecule has 0 spiro atoms. The fraction of sp³-hybridized carbons (Fsp3) is 0.529. The Balaban J connectivity index is 1.92. The first-order chi connectivity index (χ1) is 12.3. The van der Waals surface area contributed by atoms with E-state index in [0.29, 0.717) is 17.9 Å². The van der Waals surface area contributed by atoms with Gasteiger partial charge in [0.1, 0.15) is 0 Å². The van der Waals surface area contributed by atoms with Crippen molar-refractivity contribution in [2.75, 3.05) is 38.4 Å². The maximum atomic E-state index is 12.2. The van der Waals surface area contributed by atoms with E-state index in [2.05, 4.69) is 10.1 Å². The molecular formula is C17H24N2O6S. The standard InChI is InChI=1S/C17H24N2O6S/c1-24-17(21)13-5-3-6-14(11-13)18-16(20)8-9-19(26(2,22)23)12-15-7-4-10-25-15/h3,5-6,11,15H,4,7-10,12H2,1-2H3,(H,18,20). The minimum absolute atomic E-state index is 0.00222. The number of nitrogens with one attached hydrogen (secondary N) is 1. The number of anilines is 1. The van der Waals surface area contributed by atoms with E-state index < -0.39 is 16.0 Å². The lowest BCUT2D eigenvalue weighted by atomic mass is 10.2. The highest BCUT2D eigenvalue weighted by Crippen LogP contribution is 2.16. The first-order valence-corrected chi connectivity index (χ1v) is 10.2. The third-order valence-electron chi connectivity index (χ3n) is 4.06. The highest BCUT2D eigenvalue weighted by atomic mass is 32.2. The van der Waals surface area contributed by atoms with Crippen LogP contribution in [0.2, 0.25) is 0 Å². The summed E-state index contributed by atoms with van der Waals surface area (Å²) in [5, 5.41) is 2.66. The molecule has 144 valence electrons. The van der Waals surface area contributed by atoms with Gasteiger partial charge in [-0.05, 0) is 31.0 Å². The molecule has 0 saturated carbocycles. The minimum Gasteiger partial charge on any atom is -0.465 e. The number of rotatable bonds is 8. The van der Waals surface area contributed by atoms with Crippen LogP contribution >= 0.6 is 0 Å². The van der Waals surface area contributed by atoms with Gasteiger partial charge in [-0.3, -0.25) is 4.79 Å². The number of carbonyl (C=O) groups excluding carboxylic acids is 2. The van der Waals surface area contributed by atoms with Crippen molar-refractivity contribution in [2.24, 2.45) is 0 Å². The fourth-order valence-corrected chi connectivity index (χ4v) is 3.56. The third-order valence-corrected chi connectivity index (χ3v) is 5.33. The van der Waals surface area contributed by atoms with E-state index in [9.17, 15) is 18.0 Å². The number of hydrogen-bond donors (Lipinski definition) is 1. The van der Waals surface area contributed by atoms with Gasteiger partial charge < -0.3 is 14.8 Å². The highest BCUT2D eigenvalue weighted by molar-refractivity contribution is 7.88. The lowest BCUT2D eigenvalue weighted by molar-refractivity contribution is -0.116. The van der Waals surface area contributed by atoms with Crippen molar-refractivity contribution < 1.29 is 27.5 Å². The number of amides is 1. The molecule has 1 atom stereocenters. The monoisotopic (exact) mass is 384 g/mol. The van der Waals surface area contributed by atoms with Crippen molar-refractivity contribution in [3.05, 3.63) is 29.8 Å². The van der Waals surface area contributed by atoms with Crippen LogP contribution in [0.5, 0.6) is 0 Å². The summed E-state index contributed by atoms with van der Waals surface area (Å²) >= 11 is 0. The molecule has 0 radical (unpaired) electrons. The Bertz CT molecular complexity index is 743. The van der Waals surface area contributed by atoms with Gasteiger partial charge in [-0.15, -0.1) is 0 Å². The zero-order chi connectivity index (χ0) is 19.2. The maximum Gasteiger partial charge on any atom is 0.337 e. The van der Waals surface area contributed by atoms with Gasteiger partial charge in [-0.1, -0.05) is 6.07 Å². The predicted molar refractivity (Wildman–Crippen MR) is 96.4 cm³/mol. The summed E-state index contributed by atoms with van der Waals surface area (Å²) in [7, 11) is -2.15. The van der Waals surface area contributed by atoms with Crippen LogP contribution in [0.25, 0.3) is 0 Å². The Labute approximate surface area is 153 Å². The average molecular weight is 384 g/mol. The second kappa shape index (κ2) is 9.11. The van der Waals surface area contributed by atoms with Gasteiger partial charge in [0.25, 0.3) is 0 Å². The van der Waals surface area contributed by atoms with Gasteiger partial charge in [-0.2, -0.15) is 4.31 Å². The Kier molecular flexibility index (Phi) is 7.13. The van der Waals surface area contributed by atoms with Crippen LogP contribution in [0.1, 0.15) is 29.6 Å². The van der Waals surface area contributed by atoms with E-state index in [4.69, 9.17) is 4.74 Å². The van der Waals surface area contributed by atoms with E-state index in [1.54, 1.807) is 18.2 Å². The van der Waals surface area contributed by atoms with Crippen molar-refractivity contribution in [2.45, 2.75) is 25.4 Å². The number of hydrogen-bond acceptors (Lipinski definition) is 6. The van der Waals surface area contributed by atoms with E-state index in [1.807, 2.05) is 0 Å². The molecule has 0 bridgehead atoms. The molecule has 0 aliphatic carbocycles. The molecule has 1 unspecified atom stereocenters. The molecule has 9 heteroatoms. The molecule has 1 N–H and O–H groups in total. The summed E-state index contributed by atoms with van der Waals surface area (Å²) in [5.41, 5.74) is 0.768. The molecule has 1 heterocycles. The number of methoxy groups -OCH3 is 1. The number of benzene rings is 1. The molecule has 1 aromatic rings. The quantitative estimate of drug-likeness (QED) is 0.677. The van der Waals surface area contributed by atoms with Gasteiger partial charge >= 0.3 is 5.97 Å². The zero-order valence-corrected chi connectivity index (χ0v) is 15.8. The first-order valence-electron chi connectivity index (χ1n) is 8.34. The van der Waals surface area contributed by atoms with Crippen molar-refractivity contribution in [1.82, 2.24) is 4.31 Å². The SMILES string of the molecule is COC(=O)c1cccc(NC(=O)CCN(CC2CCCO2)S(C)(=O)=O)c1. The lowest BCUT2D eigenvalue weighted by Gasteiger charge is -2.22. The molecule has 1 amide bonds. The summed E-state index contributed by atoms with van der Waals surface area (Å²) < 4.78 is 35.2. The fourth-order valence-electron chi connectivity index (χ4n) is 2.70. The Hall–Kier alpha value is -1.97. The predicted octanol–water partition coefficient (Wildman–Crippen LogP) is 1.24. The van der Waals surface area contributed by atoms with E-state index >= 15 is 0 Å². The van der Waals surface area contributed by atoms with Crippen molar-refractivity contribution in [1.29, 1.82) is 0 Å². The Morgan fingerprint density at radius 3 is 2.77 bits per heavy atom. The van der Waals surface area contributed by atoms with E-state index in [0.717, 1.165) is 19.1 Å². The molecule has 0 aromatic heterocycles. The van der Waals surface area contributed by atoms with Crippen molar-refractivity contribution >= 4 is 27.6 Å². The summed E-state index contributed by atoms with van der Waals surface area (Å²) in [5.74, 6) is -0.839. The minimum atomic E-state index is -3.43. The van der Waals surface area contributed by atoms with Gasteiger partial charge in [0.15, 0.2) is 0 Å². The van der Waals surface area contributed by atoms with E-state index in [-0.39, 0.29) is 31.5 Å². The van der Waals surface area contributed by atoms with Gasteiger partial charge in [0, 0.05) is 31.8 Å². The number of esters is 1. The summed E-state index contributed by atoms with van der Waals surface area (Å²) in [6.07, 6.45) is 2.74. The van der Waals surface area contributed by atoms with Crippen LogP contribution in [0, 0.1) is 0 Å². The molecule has 2 rings (SSSR count). The molecule has 1 fully saturated rings. The van der Waals surface area contributed by atoms with Crippen LogP contribution < -0.4 is 5.32 Å². The number of nitrogens with zero attached hydrogens (tertiary/aromatic N) is 1. The molecule has 1 saturated heterocycles. The van der Waals surface area contributed by atoms with Crippen LogP contribution in [0.3, 0.4) is 0 Å².